The number of hydrogen-bond donors (Lipinski definition) is 0. The average molecular weight is 451 g/mol. The Morgan fingerprint density at radius 1 is 1.23 bits per heavy atom. The van der Waals surface area contributed by atoms with Crippen LogP contribution in [-0.4, -0.2) is 40.2 Å². The minimum absolute atomic E-state index is 0.0525. The minimum Gasteiger partial charge on any atom is -0.416 e. The molecule has 5 heteroatoms. The molecule has 31 heavy (non-hydrogen) atoms. The van der Waals surface area contributed by atoms with E-state index in [9.17, 15) is 4.79 Å². The second-order valence-corrected chi connectivity index (χ2v) is 17.4. The number of hydrogen-bond acceptors (Lipinski definition) is 4. The van der Waals surface area contributed by atoms with Crippen LogP contribution >= 0.6 is 0 Å². The second kappa shape index (κ2) is 8.07. The Morgan fingerprint density at radius 2 is 1.87 bits per heavy atom. The van der Waals surface area contributed by atoms with E-state index in [-0.39, 0.29) is 22.0 Å². The number of methoxy groups -OCH3 is 1. The van der Waals surface area contributed by atoms with E-state index in [0.717, 1.165) is 25.7 Å². The van der Waals surface area contributed by atoms with E-state index >= 15 is 0 Å². The number of ether oxygens (including phenoxy) is 2. The van der Waals surface area contributed by atoms with Gasteiger partial charge in [-0.05, 0) is 55.7 Å². The molecule has 4 nitrogen and oxygen atoms in total. The third kappa shape index (κ3) is 3.62. The SMILES string of the molecule is C=C[C@@](C)(CO[Si](C)(C)C(C)(C)C)C[C@H]1O[C@@H](OC)[C@@]23C(=O)CC[C@@H]2CC[C@@H](C)[C@@]13C. The molecule has 1 heterocycles. The van der Waals surface area contributed by atoms with Gasteiger partial charge in [-0.25, -0.2) is 0 Å². The van der Waals surface area contributed by atoms with E-state index in [1.807, 2.05) is 6.08 Å². The van der Waals surface area contributed by atoms with Crippen LogP contribution in [0, 0.1) is 28.1 Å². The first-order chi connectivity index (χ1) is 14.2. The number of Topliss-reactive ketones (excluding diaryl/α,β-unsaturated/α-hetero) is 1. The predicted molar refractivity (Wildman–Crippen MR) is 128 cm³/mol. The van der Waals surface area contributed by atoms with Gasteiger partial charge >= 0.3 is 0 Å². The van der Waals surface area contributed by atoms with Crippen molar-refractivity contribution in [2.75, 3.05) is 13.7 Å². The number of carbonyl (C=O) groups excluding carboxylic acids is 1. The summed E-state index contributed by atoms with van der Waals surface area (Å²) in [5.41, 5.74) is -0.959. The molecule has 1 saturated heterocycles. The zero-order valence-corrected chi connectivity index (χ0v) is 22.5. The molecular formula is C26H46O4Si. The molecule has 0 aromatic rings. The van der Waals surface area contributed by atoms with Crippen molar-refractivity contribution < 1.29 is 18.7 Å². The standard InChI is InChI=1S/C26H46O4Si/c1-11-24(6,17-29-31(9,10)23(3,4)5)16-21-25(7)18(2)12-13-19-14-15-20(27)26(19,25)22(28-8)30-21/h11,18-19,21-22H,1,12-17H2,2-10H3/t18-,19+,21-,22-,24-,25+,26+/m1/s1. The van der Waals surface area contributed by atoms with Crippen LogP contribution in [0.5, 0.6) is 0 Å². The number of rotatable bonds is 7. The smallest absolute Gasteiger partial charge is 0.192 e. The van der Waals surface area contributed by atoms with Crippen molar-refractivity contribution in [3.8, 4) is 0 Å². The third-order valence-electron chi connectivity index (χ3n) is 9.94. The van der Waals surface area contributed by atoms with Crippen molar-refractivity contribution >= 4 is 14.1 Å². The molecular weight excluding hydrogens is 404 g/mol. The van der Waals surface area contributed by atoms with Gasteiger partial charge in [-0.15, -0.1) is 6.58 Å². The number of carbonyl (C=O) groups is 1. The summed E-state index contributed by atoms with van der Waals surface area (Å²) in [7, 11) is -0.169. The van der Waals surface area contributed by atoms with Gasteiger partial charge in [0.2, 0.25) is 0 Å². The Morgan fingerprint density at radius 3 is 2.42 bits per heavy atom. The van der Waals surface area contributed by atoms with Crippen molar-refractivity contribution in [1.82, 2.24) is 0 Å². The average Bonchev–Trinajstić information content (AvgIpc) is 3.16. The highest BCUT2D eigenvalue weighted by Gasteiger charge is 2.75. The Bertz CT molecular complexity index is 713. The Balaban J connectivity index is 1.91. The summed E-state index contributed by atoms with van der Waals surface area (Å²) >= 11 is 0. The fourth-order valence-electron chi connectivity index (χ4n) is 6.49. The lowest BCUT2D eigenvalue weighted by Gasteiger charge is -2.54. The van der Waals surface area contributed by atoms with E-state index in [1.54, 1.807) is 7.11 Å². The summed E-state index contributed by atoms with van der Waals surface area (Å²) in [6.45, 7) is 23.1. The second-order valence-electron chi connectivity index (χ2n) is 12.6. The quantitative estimate of drug-likeness (QED) is 0.334. The lowest BCUT2D eigenvalue weighted by atomic mass is 9.47. The molecule has 0 bridgehead atoms. The molecule has 1 aliphatic heterocycles. The van der Waals surface area contributed by atoms with Gasteiger partial charge in [-0.3, -0.25) is 4.79 Å². The first-order valence-electron chi connectivity index (χ1n) is 12.2. The van der Waals surface area contributed by atoms with E-state index in [2.05, 4.69) is 61.2 Å². The topological polar surface area (TPSA) is 44.8 Å². The highest BCUT2D eigenvalue weighted by Crippen LogP contribution is 2.70. The predicted octanol–water partition coefficient (Wildman–Crippen LogP) is 6.36. The molecule has 0 aromatic heterocycles. The molecule has 3 rings (SSSR count). The van der Waals surface area contributed by atoms with Crippen molar-refractivity contribution in [3.63, 3.8) is 0 Å². The van der Waals surface area contributed by atoms with Crippen molar-refractivity contribution in [3.05, 3.63) is 12.7 Å². The van der Waals surface area contributed by atoms with Gasteiger partial charge < -0.3 is 13.9 Å². The maximum atomic E-state index is 13.5. The van der Waals surface area contributed by atoms with Crippen LogP contribution in [0.4, 0.5) is 0 Å². The van der Waals surface area contributed by atoms with Gasteiger partial charge in [0.25, 0.3) is 0 Å². The van der Waals surface area contributed by atoms with E-state index < -0.39 is 20.0 Å². The van der Waals surface area contributed by atoms with Crippen LogP contribution in [0.25, 0.3) is 0 Å². The summed E-state index contributed by atoms with van der Waals surface area (Å²) in [5, 5.41) is 0.164. The lowest BCUT2D eigenvalue weighted by molar-refractivity contribution is -0.183. The molecule has 0 amide bonds. The minimum atomic E-state index is -1.87. The maximum absolute atomic E-state index is 13.5. The Kier molecular flexibility index (Phi) is 6.54. The molecule has 2 saturated carbocycles. The maximum Gasteiger partial charge on any atom is 0.192 e. The van der Waals surface area contributed by atoms with Crippen LogP contribution < -0.4 is 0 Å². The van der Waals surface area contributed by atoms with Crippen molar-refractivity contribution in [1.29, 1.82) is 0 Å². The lowest BCUT2D eigenvalue weighted by Crippen LogP contribution is -2.58. The highest BCUT2D eigenvalue weighted by molar-refractivity contribution is 6.74. The summed E-state index contributed by atoms with van der Waals surface area (Å²) in [6, 6.07) is 0. The molecule has 3 aliphatic rings. The fourth-order valence-corrected chi connectivity index (χ4v) is 7.61. The molecule has 2 aliphatic carbocycles. The normalized spacial score (nSPS) is 40.4. The van der Waals surface area contributed by atoms with Gasteiger partial charge in [-0.1, -0.05) is 47.6 Å². The molecule has 3 fully saturated rings. The van der Waals surface area contributed by atoms with Crippen LogP contribution in [0.3, 0.4) is 0 Å². The van der Waals surface area contributed by atoms with E-state index in [1.165, 1.54) is 0 Å². The molecule has 7 atom stereocenters. The van der Waals surface area contributed by atoms with Crippen LogP contribution in [0.1, 0.15) is 73.6 Å². The van der Waals surface area contributed by atoms with Gasteiger partial charge in [0, 0.05) is 31.0 Å². The van der Waals surface area contributed by atoms with Crippen LogP contribution in [0.2, 0.25) is 18.1 Å². The molecule has 0 unspecified atom stereocenters. The van der Waals surface area contributed by atoms with Crippen molar-refractivity contribution in [2.24, 2.45) is 28.1 Å². The molecule has 1 spiro atoms. The third-order valence-corrected chi connectivity index (χ3v) is 14.4. The Hall–Kier alpha value is -0.493. The van der Waals surface area contributed by atoms with E-state index in [4.69, 9.17) is 13.9 Å². The first-order valence-corrected chi connectivity index (χ1v) is 15.1. The fraction of sp³-hybridized carbons (Fsp3) is 0.885. The van der Waals surface area contributed by atoms with Crippen LogP contribution in [-0.2, 0) is 18.7 Å². The summed E-state index contributed by atoms with van der Waals surface area (Å²) < 4.78 is 19.2. The van der Waals surface area contributed by atoms with Gasteiger partial charge in [0.05, 0.1) is 11.5 Å². The molecule has 0 aromatic carbocycles. The monoisotopic (exact) mass is 450 g/mol. The van der Waals surface area contributed by atoms with Gasteiger partial charge in [0.1, 0.15) is 5.78 Å². The largest absolute Gasteiger partial charge is 0.416 e. The summed E-state index contributed by atoms with van der Waals surface area (Å²) in [4.78, 5) is 13.5. The molecule has 0 N–H and O–H groups in total. The van der Waals surface area contributed by atoms with E-state index in [0.29, 0.717) is 30.6 Å². The van der Waals surface area contributed by atoms with Crippen molar-refractivity contribution in [2.45, 2.75) is 104 Å². The highest BCUT2D eigenvalue weighted by atomic mass is 28.4. The first kappa shape index (κ1) is 25.1. The van der Waals surface area contributed by atoms with Gasteiger partial charge in [0.15, 0.2) is 14.6 Å². The number of ketones is 1. The van der Waals surface area contributed by atoms with Gasteiger partial charge in [-0.2, -0.15) is 0 Å². The summed E-state index contributed by atoms with van der Waals surface area (Å²) in [6.07, 6.45) is 6.24. The zero-order valence-electron chi connectivity index (χ0n) is 21.5. The Labute approximate surface area is 191 Å². The summed E-state index contributed by atoms with van der Waals surface area (Å²) in [5.74, 6) is 1.14. The molecule has 0 radical (unpaired) electrons. The van der Waals surface area contributed by atoms with Crippen LogP contribution in [0.15, 0.2) is 12.7 Å². The zero-order chi connectivity index (χ0) is 23.5. The molecule has 178 valence electrons.